The highest BCUT2D eigenvalue weighted by atomic mass is 35.5. The number of Topliss-reactive ketones (excluding diaryl/α,β-unsaturated/α-hetero) is 1. The molecule has 0 aromatic rings. The molecule has 0 radical (unpaired) electrons. The van der Waals surface area contributed by atoms with E-state index >= 15 is 0 Å². The number of rotatable bonds is 5. The van der Waals surface area contributed by atoms with Crippen LogP contribution < -0.4 is 0 Å². The number of esters is 1. The van der Waals surface area contributed by atoms with Crippen molar-refractivity contribution in [3.05, 3.63) is 0 Å². The molecular formula is C9H15ClO3. The lowest BCUT2D eigenvalue weighted by molar-refractivity contribution is -0.155. The second kappa shape index (κ2) is 5.22. The SMILES string of the molecule is CCOC(=O)C(C)(C)CC(=O)CCl. The van der Waals surface area contributed by atoms with Crippen molar-refractivity contribution in [2.45, 2.75) is 27.2 Å². The van der Waals surface area contributed by atoms with Crippen molar-refractivity contribution in [2.75, 3.05) is 12.5 Å². The molecule has 0 N–H and O–H groups in total. The van der Waals surface area contributed by atoms with E-state index in [0.717, 1.165) is 0 Å². The summed E-state index contributed by atoms with van der Waals surface area (Å²) in [4.78, 5) is 22.3. The fourth-order valence-electron chi connectivity index (χ4n) is 0.939. The molecule has 0 rings (SSSR count). The fourth-order valence-corrected chi connectivity index (χ4v) is 1.03. The maximum atomic E-state index is 11.3. The largest absolute Gasteiger partial charge is 0.466 e. The molecule has 0 spiro atoms. The summed E-state index contributed by atoms with van der Waals surface area (Å²) in [7, 11) is 0. The highest BCUT2D eigenvalue weighted by Crippen LogP contribution is 2.22. The summed E-state index contributed by atoms with van der Waals surface area (Å²) < 4.78 is 4.82. The van der Waals surface area contributed by atoms with Gasteiger partial charge >= 0.3 is 5.97 Å². The maximum Gasteiger partial charge on any atom is 0.311 e. The van der Waals surface area contributed by atoms with Crippen molar-refractivity contribution in [1.82, 2.24) is 0 Å². The first kappa shape index (κ1) is 12.4. The first-order valence-electron chi connectivity index (χ1n) is 4.19. The zero-order valence-corrected chi connectivity index (χ0v) is 8.98. The lowest BCUT2D eigenvalue weighted by Crippen LogP contribution is -2.29. The Labute approximate surface area is 83.4 Å². The van der Waals surface area contributed by atoms with Crippen LogP contribution in [0.15, 0.2) is 0 Å². The van der Waals surface area contributed by atoms with E-state index < -0.39 is 5.41 Å². The van der Waals surface area contributed by atoms with Crippen LogP contribution in [0.3, 0.4) is 0 Å². The third-order valence-electron chi connectivity index (χ3n) is 1.62. The number of alkyl halides is 1. The Morgan fingerprint density at radius 2 is 1.92 bits per heavy atom. The van der Waals surface area contributed by atoms with Gasteiger partial charge in [0.05, 0.1) is 17.9 Å². The summed E-state index contributed by atoms with van der Waals surface area (Å²) in [6.07, 6.45) is 0.134. The monoisotopic (exact) mass is 206 g/mol. The van der Waals surface area contributed by atoms with Gasteiger partial charge < -0.3 is 4.74 Å². The predicted octanol–water partition coefficient (Wildman–Crippen LogP) is 1.77. The number of ketones is 1. The lowest BCUT2D eigenvalue weighted by Gasteiger charge is -2.20. The third kappa shape index (κ3) is 4.27. The van der Waals surface area contributed by atoms with Crippen molar-refractivity contribution in [3.8, 4) is 0 Å². The first-order chi connectivity index (χ1) is 5.94. The summed E-state index contributed by atoms with van der Waals surface area (Å²) in [5, 5.41) is 0. The van der Waals surface area contributed by atoms with Crippen LogP contribution in [0.4, 0.5) is 0 Å². The summed E-state index contributed by atoms with van der Waals surface area (Å²) in [6.45, 7) is 5.42. The minimum Gasteiger partial charge on any atom is -0.466 e. The molecule has 0 saturated heterocycles. The van der Waals surface area contributed by atoms with Crippen LogP contribution in [0.25, 0.3) is 0 Å². The molecule has 0 bridgehead atoms. The van der Waals surface area contributed by atoms with Crippen molar-refractivity contribution in [3.63, 3.8) is 0 Å². The molecule has 0 heterocycles. The molecule has 13 heavy (non-hydrogen) atoms. The Hall–Kier alpha value is -0.570. The normalized spacial score (nSPS) is 11.1. The fraction of sp³-hybridized carbons (Fsp3) is 0.778. The number of carbonyl (C=O) groups excluding carboxylic acids is 2. The molecule has 0 atom stereocenters. The molecular weight excluding hydrogens is 192 g/mol. The number of hydrogen-bond donors (Lipinski definition) is 0. The molecule has 76 valence electrons. The van der Waals surface area contributed by atoms with Crippen LogP contribution in [0, 0.1) is 5.41 Å². The van der Waals surface area contributed by atoms with Crippen molar-refractivity contribution < 1.29 is 14.3 Å². The van der Waals surface area contributed by atoms with E-state index in [4.69, 9.17) is 16.3 Å². The van der Waals surface area contributed by atoms with Crippen molar-refractivity contribution in [1.29, 1.82) is 0 Å². The highest BCUT2D eigenvalue weighted by molar-refractivity contribution is 6.27. The van der Waals surface area contributed by atoms with Gasteiger partial charge in [-0.2, -0.15) is 0 Å². The zero-order chi connectivity index (χ0) is 10.5. The predicted molar refractivity (Wildman–Crippen MR) is 50.8 cm³/mol. The Kier molecular flexibility index (Phi) is 4.99. The van der Waals surface area contributed by atoms with Gasteiger partial charge in [-0.05, 0) is 20.8 Å². The number of carbonyl (C=O) groups is 2. The topological polar surface area (TPSA) is 43.4 Å². The van der Waals surface area contributed by atoms with Gasteiger partial charge in [0.25, 0.3) is 0 Å². The molecule has 0 unspecified atom stereocenters. The summed E-state index contributed by atoms with van der Waals surface area (Å²) >= 11 is 5.34. The maximum absolute atomic E-state index is 11.3. The number of hydrogen-bond acceptors (Lipinski definition) is 3. The quantitative estimate of drug-likeness (QED) is 0.509. The van der Waals surface area contributed by atoms with Gasteiger partial charge in [-0.1, -0.05) is 0 Å². The van der Waals surface area contributed by atoms with Gasteiger partial charge in [-0.15, -0.1) is 11.6 Å². The molecule has 3 nitrogen and oxygen atoms in total. The molecule has 4 heteroatoms. The van der Waals surface area contributed by atoms with Crippen LogP contribution in [-0.2, 0) is 14.3 Å². The van der Waals surface area contributed by atoms with Gasteiger partial charge in [0.2, 0.25) is 0 Å². The molecule has 0 aliphatic rings. The van der Waals surface area contributed by atoms with Gasteiger partial charge in [0.15, 0.2) is 0 Å². The first-order valence-corrected chi connectivity index (χ1v) is 4.72. The summed E-state index contributed by atoms with van der Waals surface area (Å²) in [5.41, 5.74) is -0.762. The molecule has 0 aromatic heterocycles. The van der Waals surface area contributed by atoms with Crippen LogP contribution in [0.1, 0.15) is 27.2 Å². The van der Waals surface area contributed by atoms with Crippen molar-refractivity contribution in [2.24, 2.45) is 5.41 Å². The highest BCUT2D eigenvalue weighted by Gasteiger charge is 2.31. The molecule has 0 saturated carbocycles. The van der Waals surface area contributed by atoms with Gasteiger partial charge in [0.1, 0.15) is 5.78 Å². The zero-order valence-electron chi connectivity index (χ0n) is 8.22. The molecule has 0 amide bonds. The van der Waals surface area contributed by atoms with E-state index in [2.05, 4.69) is 0 Å². The smallest absolute Gasteiger partial charge is 0.311 e. The van der Waals surface area contributed by atoms with Crippen LogP contribution >= 0.6 is 11.6 Å². The molecule has 0 fully saturated rings. The van der Waals surface area contributed by atoms with Crippen LogP contribution in [-0.4, -0.2) is 24.2 Å². The lowest BCUT2D eigenvalue weighted by atomic mass is 9.88. The van der Waals surface area contributed by atoms with Gasteiger partial charge in [-0.3, -0.25) is 9.59 Å². The van der Waals surface area contributed by atoms with Gasteiger partial charge in [-0.25, -0.2) is 0 Å². The standard InChI is InChI=1S/C9H15ClO3/c1-4-13-8(12)9(2,3)5-7(11)6-10/h4-6H2,1-3H3. The summed E-state index contributed by atoms with van der Waals surface area (Å²) in [5.74, 6) is -0.545. The number of ether oxygens (including phenoxy) is 1. The van der Waals surface area contributed by atoms with Crippen LogP contribution in [0.2, 0.25) is 0 Å². The van der Waals surface area contributed by atoms with E-state index in [1.807, 2.05) is 0 Å². The van der Waals surface area contributed by atoms with E-state index in [1.165, 1.54) is 0 Å². The molecule has 0 aliphatic heterocycles. The van der Waals surface area contributed by atoms with E-state index in [1.54, 1.807) is 20.8 Å². The van der Waals surface area contributed by atoms with Crippen molar-refractivity contribution >= 4 is 23.4 Å². The Balaban J connectivity index is 4.21. The average Bonchev–Trinajstić information content (AvgIpc) is 2.04. The second-order valence-corrected chi connectivity index (χ2v) is 3.72. The Morgan fingerprint density at radius 3 is 2.31 bits per heavy atom. The average molecular weight is 207 g/mol. The molecule has 0 aliphatic carbocycles. The second-order valence-electron chi connectivity index (χ2n) is 3.45. The van der Waals surface area contributed by atoms with Crippen LogP contribution in [0.5, 0.6) is 0 Å². The summed E-state index contributed by atoms with van der Waals surface area (Å²) in [6, 6.07) is 0. The Bertz CT molecular complexity index is 199. The molecule has 0 aromatic carbocycles. The minimum atomic E-state index is -0.762. The van der Waals surface area contributed by atoms with E-state index in [0.29, 0.717) is 6.61 Å². The van der Waals surface area contributed by atoms with Gasteiger partial charge in [0, 0.05) is 6.42 Å². The van der Waals surface area contributed by atoms with E-state index in [-0.39, 0.29) is 24.1 Å². The number of halogens is 1. The third-order valence-corrected chi connectivity index (χ3v) is 1.91. The van der Waals surface area contributed by atoms with E-state index in [9.17, 15) is 9.59 Å². The minimum absolute atomic E-state index is 0.0527. The Morgan fingerprint density at radius 1 is 1.38 bits per heavy atom.